The van der Waals surface area contributed by atoms with Gasteiger partial charge in [-0.2, -0.15) is 0 Å². The van der Waals surface area contributed by atoms with E-state index >= 15 is 0 Å². The Hall–Kier alpha value is -1.83. The number of methoxy groups -OCH3 is 1. The van der Waals surface area contributed by atoms with E-state index in [1.54, 1.807) is 0 Å². The summed E-state index contributed by atoms with van der Waals surface area (Å²) in [7, 11) is 1.33. The molecule has 3 atom stereocenters. The van der Waals surface area contributed by atoms with Crippen molar-refractivity contribution in [3.63, 3.8) is 0 Å². The average molecular weight is 400 g/mol. The molecule has 0 spiro atoms. The number of esters is 1. The second kappa shape index (κ2) is 10.1. The molecule has 0 aliphatic carbocycles. The summed E-state index contributed by atoms with van der Waals surface area (Å²) < 4.78 is 10.3. The van der Waals surface area contributed by atoms with Gasteiger partial charge in [0.2, 0.25) is 5.91 Å². The molecule has 1 rings (SSSR count). The van der Waals surface area contributed by atoms with Gasteiger partial charge in [-0.15, -0.1) is 0 Å². The van der Waals surface area contributed by atoms with Crippen molar-refractivity contribution in [1.29, 1.82) is 0 Å². The van der Waals surface area contributed by atoms with E-state index in [-0.39, 0.29) is 23.3 Å². The van der Waals surface area contributed by atoms with Crippen LogP contribution < -0.4 is 16.0 Å². The summed E-state index contributed by atoms with van der Waals surface area (Å²) in [5.74, 6) is -0.656. The summed E-state index contributed by atoms with van der Waals surface area (Å²) in [5, 5.41) is 8.86. The summed E-state index contributed by atoms with van der Waals surface area (Å²) >= 11 is 0. The third-order valence-electron chi connectivity index (χ3n) is 4.36. The van der Waals surface area contributed by atoms with Crippen LogP contribution in [-0.2, 0) is 19.1 Å². The predicted molar refractivity (Wildman–Crippen MR) is 107 cm³/mol. The Balaban J connectivity index is 2.75. The highest BCUT2D eigenvalue weighted by molar-refractivity contribution is 5.82. The van der Waals surface area contributed by atoms with Crippen molar-refractivity contribution >= 4 is 18.0 Å². The normalized spacial score (nSPS) is 19.5. The van der Waals surface area contributed by atoms with Gasteiger partial charge in [-0.3, -0.25) is 9.59 Å². The molecule has 0 saturated carbocycles. The molecular weight excluding hydrogens is 362 g/mol. The van der Waals surface area contributed by atoms with E-state index < -0.39 is 23.7 Å². The van der Waals surface area contributed by atoms with Crippen molar-refractivity contribution in [2.45, 2.75) is 78.5 Å². The molecule has 0 aromatic rings. The van der Waals surface area contributed by atoms with E-state index in [1.807, 2.05) is 20.8 Å². The number of nitrogens with one attached hydrogen (secondary N) is 3. The van der Waals surface area contributed by atoms with Crippen LogP contribution in [0.15, 0.2) is 0 Å². The van der Waals surface area contributed by atoms with Gasteiger partial charge in [0.25, 0.3) is 0 Å². The van der Waals surface area contributed by atoms with E-state index in [0.29, 0.717) is 32.4 Å². The van der Waals surface area contributed by atoms with Crippen molar-refractivity contribution < 1.29 is 23.9 Å². The molecule has 8 nitrogen and oxygen atoms in total. The number of carbonyl (C=O) groups is 3. The third-order valence-corrected chi connectivity index (χ3v) is 4.36. The molecule has 0 aromatic heterocycles. The van der Waals surface area contributed by atoms with Crippen molar-refractivity contribution in [2.75, 3.05) is 20.2 Å². The number of carbonyl (C=O) groups excluding carboxylic acids is 3. The molecule has 1 aliphatic heterocycles. The van der Waals surface area contributed by atoms with Crippen LogP contribution >= 0.6 is 0 Å². The van der Waals surface area contributed by atoms with Crippen LogP contribution in [0, 0.1) is 11.3 Å². The molecule has 0 unspecified atom stereocenters. The molecule has 2 amide bonds. The highest BCUT2D eigenvalue weighted by atomic mass is 16.6. The largest absolute Gasteiger partial charge is 0.468 e. The lowest BCUT2D eigenvalue weighted by Gasteiger charge is -2.30. The highest BCUT2D eigenvalue weighted by Gasteiger charge is 2.32. The molecule has 1 aliphatic rings. The van der Waals surface area contributed by atoms with Gasteiger partial charge in [0, 0.05) is 25.0 Å². The second-order valence-electron chi connectivity index (χ2n) is 9.60. The van der Waals surface area contributed by atoms with E-state index in [2.05, 4.69) is 36.7 Å². The zero-order valence-corrected chi connectivity index (χ0v) is 18.3. The van der Waals surface area contributed by atoms with Crippen LogP contribution in [0.25, 0.3) is 0 Å². The predicted octanol–water partition coefficient (Wildman–Crippen LogP) is 1.97. The first kappa shape index (κ1) is 24.2. The summed E-state index contributed by atoms with van der Waals surface area (Å²) in [6.45, 7) is 12.7. The molecule has 162 valence electrons. The van der Waals surface area contributed by atoms with Gasteiger partial charge < -0.3 is 25.4 Å². The van der Waals surface area contributed by atoms with Crippen molar-refractivity contribution in [3.05, 3.63) is 0 Å². The van der Waals surface area contributed by atoms with Crippen LogP contribution in [-0.4, -0.2) is 55.9 Å². The lowest BCUT2D eigenvalue weighted by molar-refractivity contribution is -0.143. The van der Waals surface area contributed by atoms with E-state index in [0.717, 1.165) is 0 Å². The lowest BCUT2D eigenvalue weighted by Crippen LogP contribution is -2.50. The number of hydrogen-bond acceptors (Lipinski definition) is 6. The molecule has 8 heteroatoms. The maximum Gasteiger partial charge on any atom is 0.407 e. The Labute approximate surface area is 168 Å². The highest BCUT2D eigenvalue weighted by Crippen LogP contribution is 2.22. The monoisotopic (exact) mass is 399 g/mol. The Morgan fingerprint density at radius 2 is 1.86 bits per heavy atom. The smallest absolute Gasteiger partial charge is 0.407 e. The molecule has 0 bridgehead atoms. The first-order valence-corrected chi connectivity index (χ1v) is 9.89. The first-order chi connectivity index (χ1) is 12.8. The fourth-order valence-corrected chi connectivity index (χ4v) is 3.23. The van der Waals surface area contributed by atoms with Gasteiger partial charge in [0.05, 0.1) is 7.11 Å². The minimum Gasteiger partial charge on any atom is -0.468 e. The quantitative estimate of drug-likeness (QED) is 0.539. The minimum absolute atomic E-state index is 0.0335. The topological polar surface area (TPSA) is 106 Å². The average Bonchev–Trinajstić information content (AvgIpc) is 2.91. The summed E-state index contributed by atoms with van der Waals surface area (Å²) in [5.41, 5.74) is -0.623. The zero-order chi connectivity index (χ0) is 21.5. The fourth-order valence-electron chi connectivity index (χ4n) is 3.23. The van der Waals surface area contributed by atoms with Gasteiger partial charge in [0.15, 0.2) is 0 Å². The van der Waals surface area contributed by atoms with Crippen molar-refractivity contribution in [2.24, 2.45) is 11.3 Å². The van der Waals surface area contributed by atoms with Gasteiger partial charge in [0.1, 0.15) is 11.6 Å². The van der Waals surface area contributed by atoms with Gasteiger partial charge in [-0.05, 0) is 45.4 Å². The Kier molecular flexibility index (Phi) is 8.73. The number of alkyl carbamates (subject to hydrolysis) is 1. The van der Waals surface area contributed by atoms with Crippen LogP contribution in [0.5, 0.6) is 0 Å². The number of rotatable bonds is 8. The van der Waals surface area contributed by atoms with Crippen LogP contribution in [0.2, 0.25) is 0 Å². The molecule has 1 fully saturated rings. The van der Waals surface area contributed by atoms with E-state index in [4.69, 9.17) is 9.47 Å². The summed E-state index contributed by atoms with van der Waals surface area (Å²) in [6, 6.07) is -0.846. The van der Waals surface area contributed by atoms with E-state index in [9.17, 15) is 14.4 Å². The molecular formula is C20H37N3O5. The number of ether oxygens (including phenoxy) is 2. The molecule has 3 N–H and O–H groups in total. The van der Waals surface area contributed by atoms with Crippen molar-refractivity contribution in [1.82, 2.24) is 16.0 Å². The Morgan fingerprint density at radius 1 is 1.21 bits per heavy atom. The molecule has 1 saturated heterocycles. The second-order valence-corrected chi connectivity index (χ2v) is 9.60. The SMILES string of the molecule is COC(=O)[C@H](C[C@@H]1CCNC1=O)NC[C@H](CC(C)(C)C)NC(=O)OC(C)(C)C. The summed E-state index contributed by atoms with van der Waals surface area (Å²) in [4.78, 5) is 36.3. The van der Waals surface area contributed by atoms with Gasteiger partial charge in [-0.25, -0.2) is 4.79 Å². The molecule has 1 heterocycles. The van der Waals surface area contributed by atoms with Crippen LogP contribution in [0.4, 0.5) is 4.79 Å². The number of hydrogen-bond donors (Lipinski definition) is 3. The maximum atomic E-state index is 12.2. The van der Waals surface area contributed by atoms with Gasteiger partial charge in [-0.1, -0.05) is 20.8 Å². The van der Waals surface area contributed by atoms with E-state index in [1.165, 1.54) is 7.11 Å². The maximum absolute atomic E-state index is 12.2. The summed E-state index contributed by atoms with van der Waals surface area (Å²) in [6.07, 6.45) is 1.27. The van der Waals surface area contributed by atoms with Crippen LogP contribution in [0.1, 0.15) is 60.8 Å². The zero-order valence-electron chi connectivity index (χ0n) is 18.3. The third kappa shape index (κ3) is 9.39. The first-order valence-electron chi connectivity index (χ1n) is 9.89. The van der Waals surface area contributed by atoms with Crippen LogP contribution in [0.3, 0.4) is 0 Å². The Morgan fingerprint density at radius 3 is 2.32 bits per heavy atom. The molecule has 0 radical (unpaired) electrons. The molecule has 0 aromatic carbocycles. The van der Waals surface area contributed by atoms with Crippen molar-refractivity contribution in [3.8, 4) is 0 Å². The number of amides is 2. The minimum atomic E-state index is -0.609. The lowest BCUT2D eigenvalue weighted by atomic mass is 9.88. The Bertz CT molecular complexity index is 551. The standard InChI is InChI=1S/C20H37N3O5/c1-19(2,3)11-14(23-18(26)28-20(4,5)6)12-22-15(17(25)27-7)10-13-8-9-21-16(13)24/h13-15,22H,8-12H2,1-7H3,(H,21,24)(H,23,26)/t13-,14-,15-/m0/s1. The van der Waals surface area contributed by atoms with Gasteiger partial charge >= 0.3 is 12.1 Å². The molecule has 28 heavy (non-hydrogen) atoms. The fraction of sp³-hybridized carbons (Fsp3) is 0.850.